The molecule has 1 heterocycles. The zero-order valence-electron chi connectivity index (χ0n) is 16.6. The van der Waals surface area contributed by atoms with E-state index in [-0.39, 0.29) is 6.42 Å². The highest BCUT2D eigenvalue weighted by Crippen LogP contribution is 2.27. The minimum Gasteiger partial charge on any atom is -0.425 e. The van der Waals surface area contributed by atoms with E-state index in [0.717, 1.165) is 22.4 Å². The van der Waals surface area contributed by atoms with Crippen LogP contribution < -0.4 is 4.74 Å². The number of fused-ring (bicyclic) bond motifs is 1. The number of carbonyl (C=O) groups is 3. The van der Waals surface area contributed by atoms with E-state index in [9.17, 15) is 14.4 Å². The number of benzene rings is 3. The minimum absolute atomic E-state index is 0.179. The van der Waals surface area contributed by atoms with Crippen LogP contribution in [-0.2, 0) is 17.6 Å². The highest BCUT2D eigenvalue weighted by molar-refractivity contribution is 6.22. The molecule has 0 saturated carbocycles. The van der Waals surface area contributed by atoms with Crippen molar-refractivity contribution < 1.29 is 19.1 Å². The molecule has 0 unspecified atom stereocenters. The van der Waals surface area contributed by atoms with Crippen LogP contribution in [0.4, 0.5) is 0 Å². The molecule has 1 atom stereocenters. The van der Waals surface area contributed by atoms with Crippen LogP contribution >= 0.6 is 0 Å². The summed E-state index contributed by atoms with van der Waals surface area (Å²) in [4.78, 5) is 40.1. The number of carbonyl (C=O) groups excluding carboxylic acids is 3. The van der Waals surface area contributed by atoms with Crippen LogP contribution in [0.5, 0.6) is 5.75 Å². The molecular formula is C25H21NO4. The maximum Gasteiger partial charge on any atom is 0.335 e. The molecule has 150 valence electrons. The molecule has 0 radical (unpaired) electrons. The van der Waals surface area contributed by atoms with Gasteiger partial charge in [-0.05, 0) is 41.8 Å². The first kappa shape index (κ1) is 19.6. The zero-order valence-corrected chi connectivity index (χ0v) is 16.6. The van der Waals surface area contributed by atoms with Gasteiger partial charge in [0.25, 0.3) is 11.8 Å². The molecule has 2 amide bonds. The van der Waals surface area contributed by atoms with Gasteiger partial charge in [-0.25, -0.2) is 4.79 Å². The second-order valence-corrected chi connectivity index (χ2v) is 7.15. The SMILES string of the molecule is CCc1ccc(OC(=O)[C@@H](Cc2ccccc2)N2C(=O)c3ccccc3C2=O)cc1. The molecule has 0 fully saturated rings. The molecule has 0 N–H and O–H groups in total. The highest BCUT2D eigenvalue weighted by Gasteiger charge is 2.43. The fraction of sp³-hybridized carbons (Fsp3) is 0.160. The second-order valence-electron chi connectivity index (χ2n) is 7.15. The molecule has 1 aliphatic rings. The number of imide groups is 1. The molecular weight excluding hydrogens is 378 g/mol. The van der Waals surface area contributed by atoms with Crippen molar-refractivity contribution in [2.45, 2.75) is 25.8 Å². The van der Waals surface area contributed by atoms with Crippen LogP contribution in [0.15, 0.2) is 78.9 Å². The summed E-state index contributed by atoms with van der Waals surface area (Å²) < 4.78 is 5.57. The number of aryl methyl sites for hydroxylation is 1. The number of rotatable bonds is 6. The molecule has 5 heteroatoms. The Morgan fingerprint density at radius 3 is 1.93 bits per heavy atom. The number of nitrogens with zero attached hydrogens (tertiary/aromatic N) is 1. The predicted octanol–water partition coefficient (Wildman–Crippen LogP) is 4.06. The Labute approximate surface area is 174 Å². The van der Waals surface area contributed by atoms with Crippen LogP contribution in [-0.4, -0.2) is 28.7 Å². The van der Waals surface area contributed by atoms with Gasteiger partial charge in [0.1, 0.15) is 11.8 Å². The van der Waals surface area contributed by atoms with Gasteiger partial charge in [0, 0.05) is 6.42 Å². The first-order valence-corrected chi connectivity index (χ1v) is 9.90. The van der Waals surface area contributed by atoms with E-state index in [1.54, 1.807) is 36.4 Å². The van der Waals surface area contributed by atoms with Crippen LogP contribution in [0.3, 0.4) is 0 Å². The third-order valence-electron chi connectivity index (χ3n) is 5.23. The van der Waals surface area contributed by atoms with Gasteiger partial charge < -0.3 is 4.74 Å². The van der Waals surface area contributed by atoms with E-state index in [4.69, 9.17) is 4.74 Å². The standard InChI is InChI=1S/C25H21NO4/c1-2-17-12-14-19(15-13-17)30-25(29)22(16-18-8-4-3-5-9-18)26-23(27)20-10-6-7-11-21(20)24(26)28/h3-15,22H,2,16H2,1H3/t22-/m1/s1. The number of ether oxygens (including phenoxy) is 1. The van der Waals surface area contributed by atoms with Gasteiger partial charge in [0.2, 0.25) is 0 Å². The minimum atomic E-state index is -1.06. The molecule has 3 aromatic carbocycles. The molecule has 0 bridgehead atoms. The molecule has 0 spiro atoms. The predicted molar refractivity (Wildman–Crippen MR) is 112 cm³/mol. The molecule has 30 heavy (non-hydrogen) atoms. The van der Waals surface area contributed by atoms with Crippen LogP contribution in [0.25, 0.3) is 0 Å². The number of esters is 1. The van der Waals surface area contributed by atoms with Crippen molar-refractivity contribution in [1.29, 1.82) is 0 Å². The third-order valence-corrected chi connectivity index (χ3v) is 5.23. The summed E-state index contributed by atoms with van der Waals surface area (Å²) in [5, 5.41) is 0. The summed E-state index contributed by atoms with van der Waals surface area (Å²) in [6, 6.07) is 22.0. The first-order chi connectivity index (χ1) is 14.6. The Balaban J connectivity index is 1.65. The van der Waals surface area contributed by atoms with Crippen molar-refractivity contribution >= 4 is 17.8 Å². The maximum atomic E-state index is 13.1. The van der Waals surface area contributed by atoms with E-state index >= 15 is 0 Å². The summed E-state index contributed by atoms with van der Waals surface area (Å²) in [5.41, 5.74) is 2.56. The van der Waals surface area contributed by atoms with Crippen molar-refractivity contribution in [2.75, 3.05) is 0 Å². The van der Waals surface area contributed by atoms with Gasteiger partial charge in [-0.15, -0.1) is 0 Å². The summed E-state index contributed by atoms with van der Waals surface area (Å²) >= 11 is 0. The fourth-order valence-corrected chi connectivity index (χ4v) is 3.59. The fourth-order valence-electron chi connectivity index (χ4n) is 3.59. The summed E-state index contributed by atoms with van der Waals surface area (Å²) in [5.74, 6) is -1.21. The van der Waals surface area contributed by atoms with E-state index in [1.807, 2.05) is 49.4 Å². The lowest BCUT2D eigenvalue weighted by Crippen LogP contribution is -2.48. The first-order valence-electron chi connectivity index (χ1n) is 9.90. The van der Waals surface area contributed by atoms with Crippen molar-refractivity contribution in [1.82, 2.24) is 4.90 Å². The lowest BCUT2D eigenvalue weighted by Gasteiger charge is -2.24. The third kappa shape index (κ3) is 3.74. The highest BCUT2D eigenvalue weighted by atomic mass is 16.5. The Morgan fingerprint density at radius 1 is 0.800 bits per heavy atom. The van der Waals surface area contributed by atoms with E-state index in [1.165, 1.54) is 0 Å². The average Bonchev–Trinajstić information content (AvgIpc) is 3.03. The Kier molecular flexibility index (Phi) is 5.44. The van der Waals surface area contributed by atoms with Crippen molar-refractivity contribution in [3.63, 3.8) is 0 Å². The van der Waals surface area contributed by atoms with Crippen LogP contribution in [0.1, 0.15) is 38.8 Å². The summed E-state index contributed by atoms with van der Waals surface area (Å²) in [7, 11) is 0. The van der Waals surface area contributed by atoms with Crippen molar-refractivity contribution in [3.05, 3.63) is 101 Å². The molecule has 0 saturated heterocycles. The van der Waals surface area contributed by atoms with Crippen LogP contribution in [0, 0.1) is 0 Å². The number of hydrogen-bond donors (Lipinski definition) is 0. The Morgan fingerprint density at radius 2 is 1.37 bits per heavy atom. The topological polar surface area (TPSA) is 63.7 Å². The van der Waals surface area contributed by atoms with Crippen molar-refractivity contribution in [3.8, 4) is 5.75 Å². The largest absolute Gasteiger partial charge is 0.425 e. The van der Waals surface area contributed by atoms with E-state index in [2.05, 4.69) is 0 Å². The Bertz CT molecular complexity index is 1050. The average molecular weight is 399 g/mol. The number of hydrogen-bond acceptors (Lipinski definition) is 4. The lowest BCUT2D eigenvalue weighted by molar-refractivity contribution is -0.138. The van der Waals surface area contributed by atoms with Gasteiger partial charge in [0.05, 0.1) is 11.1 Å². The molecule has 0 aliphatic carbocycles. The molecule has 4 rings (SSSR count). The quantitative estimate of drug-likeness (QED) is 0.356. The van der Waals surface area contributed by atoms with E-state index < -0.39 is 23.8 Å². The number of amides is 2. The summed E-state index contributed by atoms with van der Waals surface area (Å²) in [6.45, 7) is 2.04. The van der Waals surface area contributed by atoms with Gasteiger partial charge in [0.15, 0.2) is 0 Å². The molecule has 0 aromatic heterocycles. The van der Waals surface area contributed by atoms with Gasteiger partial charge in [-0.3, -0.25) is 14.5 Å². The zero-order chi connectivity index (χ0) is 21.1. The Hall–Kier alpha value is -3.73. The smallest absolute Gasteiger partial charge is 0.335 e. The molecule has 3 aromatic rings. The molecule has 1 aliphatic heterocycles. The maximum absolute atomic E-state index is 13.1. The van der Waals surface area contributed by atoms with Gasteiger partial charge >= 0.3 is 5.97 Å². The monoisotopic (exact) mass is 399 g/mol. The van der Waals surface area contributed by atoms with Crippen LogP contribution in [0.2, 0.25) is 0 Å². The molecule has 5 nitrogen and oxygen atoms in total. The van der Waals surface area contributed by atoms with Crippen molar-refractivity contribution in [2.24, 2.45) is 0 Å². The van der Waals surface area contributed by atoms with E-state index in [0.29, 0.717) is 16.9 Å². The van der Waals surface area contributed by atoms with Gasteiger partial charge in [-0.1, -0.05) is 61.5 Å². The van der Waals surface area contributed by atoms with Gasteiger partial charge in [-0.2, -0.15) is 0 Å². The second kappa shape index (κ2) is 8.33. The summed E-state index contributed by atoms with van der Waals surface area (Å²) in [6.07, 6.45) is 1.05. The normalized spacial score (nSPS) is 13.8. The lowest BCUT2D eigenvalue weighted by atomic mass is 10.0.